The highest BCUT2D eigenvalue weighted by atomic mass is 32.2. The molecular formula is C17H12F3NO4S. The van der Waals surface area contributed by atoms with Crippen molar-refractivity contribution >= 4 is 26.9 Å². The fourth-order valence-electron chi connectivity index (χ4n) is 2.58. The number of benzene rings is 2. The van der Waals surface area contributed by atoms with E-state index in [2.05, 4.69) is 4.18 Å². The molecule has 0 aliphatic carbocycles. The number of rotatable bonds is 3. The lowest BCUT2D eigenvalue weighted by atomic mass is 10.1. The Kier molecular flexibility index (Phi) is 4.27. The average molecular weight is 383 g/mol. The molecule has 1 aromatic heterocycles. The monoisotopic (exact) mass is 383 g/mol. The third-order valence-electron chi connectivity index (χ3n) is 3.65. The van der Waals surface area contributed by atoms with Crippen molar-refractivity contribution in [2.24, 2.45) is 0 Å². The Morgan fingerprint density at radius 2 is 1.69 bits per heavy atom. The Morgan fingerprint density at radius 1 is 1.04 bits per heavy atom. The van der Waals surface area contributed by atoms with Gasteiger partial charge in [-0.15, -0.1) is 0 Å². The van der Waals surface area contributed by atoms with E-state index < -0.39 is 21.4 Å². The van der Waals surface area contributed by atoms with Crippen LogP contribution in [-0.4, -0.2) is 24.4 Å². The molecule has 0 amide bonds. The van der Waals surface area contributed by atoms with Crippen molar-refractivity contribution in [1.82, 2.24) is 4.57 Å². The number of hydrogen-bond acceptors (Lipinski definition) is 4. The third kappa shape index (κ3) is 3.17. The molecular weight excluding hydrogens is 371 g/mol. The van der Waals surface area contributed by atoms with Gasteiger partial charge in [-0.2, -0.15) is 21.6 Å². The predicted molar refractivity (Wildman–Crippen MR) is 89.3 cm³/mol. The summed E-state index contributed by atoms with van der Waals surface area (Å²) in [7, 11) is -5.76. The number of halogens is 3. The van der Waals surface area contributed by atoms with Crippen molar-refractivity contribution in [1.29, 1.82) is 0 Å². The maximum absolute atomic E-state index is 12.5. The molecule has 0 radical (unpaired) electrons. The molecule has 0 aliphatic rings. The predicted octanol–water partition coefficient (Wildman–Crippen LogP) is 4.20. The molecule has 0 fully saturated rings. The van der Waals surface area contributed by atoms with Crippen LogP contribution in [0.5, 0.6) is 5.75 Å². The summed E-state index contributed by atoms with van der Waals surface area (Å²) in [5.41, 5.74) is -3.84. The van der Waals surface area contributed by atoms with Crippen LogP contribution in [0, 0.1) is 0 Å². The molecule has 26 heavy (non-hydrogen) atoms. The minimum atomic E-state index is -5.76. The Hall–Kier alpha value is -2.81. The van der Waals surface area contributed by atoms with Crippen molar-refractivity contribution in [3.63, 3.8) is 0 Å². The maximum atomic E-state index is 12.5. The van der Waals surface area contributed by atoms with Crippen LogP contribution in [0.3, 0.4) is 0 Å². The van der Waals surface area contributed by atoms with Crippen LogP contribution in [-0.2, 0) is 10.1 Å². The van der Waals surface area contributed by atoms with Crippen LogP contribution in [0.1, 0.15) is 11.7 Å². The van der Waals surface area contributed by atoms with E-state index in [0.29, 0.717) is 16.6 Å². The lowest BCUT2D eigenvalue weighted by molar-refractivity contribution is -0.0500. The van der Waals surface area contributed by atoms with E-state index in [1.807, 2.05) is 0 Å². The molecule has 0 spiro atoms. The number of hydrogen-bond donors (Lipinski definition) is 0. The topological polar surface area (TPSA) is 65.4 Å². The Morgan fingerprint density at radius 3 is 2.27 bits per heavy atom. The quantitative estimate of drug-likeness (QED) is 0.502. The van der Waals surface area contributed by atoms with E-state index in [9.17, 15) is 26.4 Å². The first-order valence-electron chi connectivity index (χ1n) is 7.33. The van der Waals surface area contributed by atoms with Crippen LogP contribution in [0.25, 0.3) is 22.2 Å². The van der Waals surface area contributed by atoms with Crippen molar-refractivity contribution < 1.29 is 30.6 Å². The maximum Gasteiger partial charge on any atom is 0.534 e. The molecule has 3 aromatic rings. The average Bonchev–Trinajstić information content (AvgIpc) is 2.93. The molecule has 0 aliphatic heterocycles. The SMILES string of the molecule is CC(=O)n1c(-c2ccccc2)cc2cc(OS(=O)(=O)C(F)(F)F)ccc21. The lowest BCUT2D eigenvalue weighted by Crippen LogP contribution is -2.28. The Labute approximate surface area is 146 Å². The van der Waals surface area contributed by atoms with Gasteiger partial charge in [-0.25, -0.2) is 0 Å². The van der Waals surface area contributed by atoms with Gasteiger partial charge in [0.25, 0.3) is 0 Å². The number of fused-ring (bicyclic) bond motifs is 1. The molecule has 0 saturated heterocycles. The number of nitrogens with zero attached hydrogens (tertiary/aromatic N) is 1. The number of alkyl halides is 3. The second kappa shape index (κ2) is 6.17. The van der Waals surface area contributed by atoms with Gasteiger partial charge in [-0.1, -0.05) is 30.3 Å². The molecule has 0 unspecified atom stereocenters. The van der Waals surface area contributed by atoms with E-state index in [4.69, 9.17) is 0 Å². The standard InChI is InChI=1S/C17H12F3NO4S/c1-11(22)21-15-8-7-14(25-26(23,24)17(18,19)20)9-13(15)10-16(21)12-5-3-2-4-6-12/h2-10H,1H3. The first-order chi connectivity index (χ1) is 12.1. The molecule has 2 aromatic carbocycles. The van der Waals surface area contributed by atoms with Crippen molar-refractivity contribution in [3.05, 3.63) is 54.6 Å². The highest BCUT2D eigenvalue weighted by molar-refractivity contribution is 7.88. The molecule has 0 atom stereocenters. The fourth-order valence-corrected chi connectivity index (χ4v) is 3.03. The summed E-state index contributed by atoms with van der Waals surface area (Å²) in [6.45, 7) is 1.35. The second-order valence-corrected chi connectivity index (χ2v) is 6.99. The van der Waals surface area contributed by atoms with Gasteiger partial charge in [0.15, 0.2) is 0 Å². The fraction of sp³-hybridized carbons (Fsp3) is 0.118. The van der Waals surface area contributed by atoms with Crippen molar-refractivity contribution in [3.8, 4) is 17.0 Å². The van der Waals surface area contributed by atoms with E-state index in [1.54, 1.807) is 36.4 Å². The van der Waals surface area contributed by atoms with E-state index in [-0.39, 0.29) is 5.91 Å². The number of carbonyl (C=O) groups excluding carboxylic acids is 1. The van der Waals surface area contributed by atoms with Gasteiger partial charge in [-0.3, -0.25) is 9.36 Å². The van der Waals surface area contributed by atoms with Gasteiger partial charge < -0.3 is 4.18 Å². The molecule has 3 rings (SSSR count). The summed E-state index contributed by atoms with van der Waals surface area (Å²) in [6, 6.07) is 14.0. The molecule has 1 heterocycles. The zero-order valence-electron chi connectivity index (χ0n) is 13.3. The highest BCUT2D eigenvalue weighted by Crippen LogP contribution is 2.32. The molecule has 9 heteroatoms. The van der Waals surface area contributed by atoms with Crippen LogP contribution >= 0.6 is 0 Å². The molecule has 5 nitrogen and oxygen atoms in total. The van der Waals surface area contributed by atoms with Gasteiger partial charge in [-0.05, 0) is 29.8 Å². The minimum Gasteiger partial charge on any atom is -0.376 e. The third-order valence-corrected chi connectivity index (χ3v) is 4.63. The lowest BCUT2D eigenvalue weighted by Gasteiger charge is -2.10. The highest BCUT2D eigenvalue weighted by Gasteiger charge is 2.48. The molecule has 0 bridgehead atoms. The summed E-state index contributed by atoms with van der Waals surface area (Å²) in [4.78, 5) is 12.0. The van der Waals surface area contributed by atoms with Gasteiger partial charge in [0.2, 0.25) is 5.91 Å². The first kappa shape index (κ1) is 18.0. The van der Waals surface area contributed by atoms with Crippen LogP contribution in [0.15, 0.2) is 54.6 Å². The number of aromatic nitrogens is 1. The summed E-state index contributed by atoms with van der Waals surface area (Å²) in [5, 5.41) is 0.369. The van der Waals surface area contributed by atoms with Crippen LogP contribution in [0.4, 0.5) is 13.2 Å². The van der Waals surface area contributed by atoms with E-state index in [0.717, 1.165) is 17.7 Å². The van der Waals surface area contributed by atoms with Crippen LogP contribution in [0.2, 0.25) is 0 Å². The van der Waals surface area contributed by atoms with Crippen LogP contribution < -0.4 is 4.18 Å². The number of carbonyl (C=O) groups is 1. The van der Waals surface area contributed by atoms with E-state index in [1.165, 1.54) is 17.6 Å². The second-order valence-electron chi connectivity index (χ2n) is 5.45. The Bertz CT molecular complexity index is 1090. The zero-order valence-corrected chi connectivity index (χ0v) is 14.1. The first-order valence-corrected chi connectivity index (χ1v) is 8.73. The van der Waals surface area contributed by atoms with E-state index >= 15 is 0 Å². The Balaban J connectivity index is 2.13. The molecule has 136 valence electrons. The summed E-state index contributed by atoms with van der Waals surface area (Å²) < 4.78 is 65.2. The molecule has 0 saturated carbocycles. The van der Waals surface area contributed by atoms with Gasteiger partial charge in [0, 0.05) is 12.3 Å². The van der Waals surface area contributed by atoms with Gasteiger partial charge in [0.1, 0.15) is 5.75 Å². The largest absolute Gasteiger partial charge is 0.534 e. The summed E-state index contributed by atoms with van der Waals surface area (Å²) in [6.07, 6.45) is 0. The summed E-state index contributed by atoms with van der Waals surface area (Å²) >= 11 is 0. The van der Waals surface area contributed by atoms with Crippen molar-refractivity contribution in [2.45, 2.75) is 12.4 Å². The van der Waals surface area contributed by atoms with Gasteiger partial charge in [0.05, 0.1) is 11.2 Å². The normalized spacial score (nSPS) is 12.3. The smallest absolute Gasteiger partial charge is 0.376 e. The summed E-state index contributed by atoms with van der Waals surface area (Å²) in [5.74, 6) is -0.787. The van der Waals surface area contributed by atoms with Crippen molar-refractivity contribution in [2.75, 3.05) is 0 Å². The molecule has 0 N–H and O–H groups in total. The zero-order chi connectivity index (χ0) is 19.1. The van der Waals surface area contributed by atoms with Gasteiger partial charge >= 0.3 is 15.6 Å². The minimum absolute atomic E-state index is 0.296.